The van der Waals surface area contributed by atoms with Gasteiger partial charge in [0.05, 0.1) is 16.8 Å². The smallest absolute Gasteiger partial charge is 0.253 e. The topological polar surface area (TPSA) is 42.0 Å². The molecule has 23 heavy (non-hydrogen) atoms. The van der Waals surface area contributed by atoms with Gasteiger partial charge in [-0.15, -0.1) is 0 Å². The summed E-state index contributed by atoms with van der Waals surface area (Å²) >= 11 is 0. The van der Waals surface area contributed by atoms with E-state index in [-0.39, 0.29) is 5.91 Å². The molecular formula is C20H20N2O. The lowest BCUT2D eigenvalue weighted by molar-refractivity contribution is 0.0949. The Balaban J connectivity index is 1.94. The minimum Gasteiger partial charge on any atom is -0.348 e. The number of para-hydroxylation sites is 1. The molecule has 3 nitrogen and oxygen atoms in total. The summed E-state index contributed by atoms with van der Waals surface area (Å²) < 4.78 is 0. The van der Waals surface area contributed by atoms with E-state index in [1.165, 1.54) is 0 Å². The standard InChI is InChI=1S/C20H20N2O/c1-3-17-19(14(2)16-11-7-8-12-18(16)22-17)20(23)21-13-15-9-5-4-6-10-15/h4-12H,3,13H2,1-2H3,(H,21,23). The van der Waals surface area contributed by atoms with Crippen LogP contribution in [0.3, 0.4) is 0 Å². The van der Waals surface area contributed by atoms with E-state index in [1.54, 1.807) is 0 Å². The van der Waals surface area contributed by atoms with Crippen LogP contribution in [0.1, 0.15) is 34.1 Å². The molecule has 3 aromatic rings. The monoisotopic (exact) mass is 304 g/mol. The number of nitrogens with zero attached hydrogens (tertiary/aromatic N) is 1. The maximum Gasteiger partial charge on any atom is 0.253 e. The molecule has 0 radical (unpaired) electrons. The highest BCUT2D eigenvalue weighted by atomic mass is 16.1. The molecule has 1 amide bonds. The van der Waals surface area contributed by atoms with Gasteiger partial charge in [-0.2, -0.15) is 0 Å². The second kappa shape index (κ2) is 6.61. The van der Waals surface area contributed by atoms with Crippen LogP contribution in [-0.2, 0) is 13.0 Å². The Hall–Kier alpha value is -2.68. The first-order valence-corrected chi connectivity index (χ1v) is 7.91. The van der Waals surface area contributed by atoms with Gasteiger partial charge in [0.15, 0.2) is 0 Å². The number of fused-ring (bicyclic) bond motifs is 1. The highest BCUT2D eigenvalue weighted by Gasteiger charge is 2.17. The molecule has 1 heterocycles. The van der Waals surface area contributed by atoms with E-state index in [9.17, 15) is 4.79 Å². The number of carbonyl (C=O) groups is 1. The zero-order valence-electron chi connectivity index (χ0n) is 13.5. The Morgan fingerprint density at radius 2 is 1.74 bits per heavy atom. The van der Waals surface area contributed by atoms with Crippen molar-refractivity contribution in [3.05, 3.63) is 77.0 Å². The third-order valence-electron chi connectivity index (χ3n) is 4.08. The fourth-order valence-electron chi connectivity index (χ4n) is 2.86. The maximum atomic E-state index is 12.7. The Bertz CT molecular complexity index is 841. The Morgan fingerprint density at radius 1 is 1.04 bits per heavy atom. The number of pyridine rings is 1. The molecule has 116 valence electrons. The van der Waals surface area contributed by atoms with E-state index in [0.717, 1.165) is 34.1 Å². The first-order valence-electron chi connectivity index (χ1n) is 7.91. The van der Waals surface area contributed by atoms with Gasteiger partial charge in [-0.05, 0) is 30.5 Å². The predicted octanol–water partition coefficient (Wildman–Crippen LogP) is 4.04. The lowest BCUT2D eigenvalue weighted by Gasteiger charge is -2.14. The first kappa shape index (κ1) is 15.2. The fraction of sp³-hybridized carbons (Fsp3) is 0.200. The van der Waals surface area contributed by atoms with Crippen molar-refractivity contribution >= 4 is 16.8 Å². The minimum atomic E-state index is -0.0542. The van der Waals surface area contributed by atoms with Gasteiger partial charge in [-0.25, -0.2) is 0 Å². The number of carbonyl (C=O) groups excluding carboxylic acids is 1. The minimum absolute atomic E-state index is 0.0542. The second-order valence-corrected chi connectivity index (χ2v) is 5.60. The van der Waals surface area contributed by atoms with Crippen LogP contribution in [-0.4, -0.2) is 10.9 Å². The molecule has 3 rings (SSSR count). The number of nitrogens with one attached hydrogen (secondary N) is 1. The molecule has 2 aromatic carbocycles. The molecule has 3 heteroatoms. The molecule has 0 aliphatic heterocycles. The summed E-state index contributed by atoms with van der Waals surface area (Å²) in [5, 5.41) is 4.05. The van der Waals surface area contributed by atoms with Gasteiger partial charge in [0.25, 0.3) is 5.91 Å². The number of aryl methyl sites for hydroxylation is 2. The first-order chi connectivity index (χ1) is 11.2. The highest BCUT2D eigenvalue weighted by molar-refractivity contribution is 6.01. The maximum absolute atomic E-state index is 12.7. The predicted molar refractivity (Wildman–Crippen MR) is 93.5 cm³/mol. The lowest BCUT2D eigenvalue weighted by atomic mass is 9.99. The molecule has 0 aliphatic rings. The van der Waals surface area contributed by atoms with Crippen LogP contribution >= 0.6 is 0 Å². The fourth-order valence-corrected chi connectivity index (χ4v) is 2.86. The van der Waals surface area contributed by atoms with Crippen LogP contribution in [0.2, 0.25) is 0 Å². The van der Waals surface area contributed by atoms with Crippen molar-refractivity contribution in [2.75, 3.05) is 0 Å². The zero-order valence-corrected chi connectivity index (χ0v) is 13.5. The van der Waals surface area contributed by atoms with Crippen molar-refractivity contribution in [2.24, 2.45) is 0 Å². The van der Waals surface area contributed by atoms with E-state index in [0.29, 0.717) is 12.1 Å². The van der Waals surface area contributed by atoms with Gasteiger partial charge >= 0.3 is 0 Å². The van der Waals surface area contributed by atoms with E-state index in [1.807, 2.05) is 68.4 Å². The Labute approximate surface area is 136 Å². The van der Waals surface area contributed by atoms with Gasteiger partial charge < -0.3 is 5.32 Å². The van der Waals surface area contributed by atoms with Crippen molar-refractivity contribution in [1.82, 2.24) is 10.3 Å². The van der Waals surface area contributed by atoms with Crippen LogP contribution in [0, 0.1) is 6.92 Å². The van der Waals surface area contributed by atoms with Crippen LogP contribution in [0.5, 0.6) is 0 Å². The van der Waals surface area contributed by atoms with Crippen LogP contribution in [0.4, 0.5) is 0 Å². The molecule has 0 spiro atoms. The number of aromatic nitrogens is 1. The summed E-state index contributed by atoms with van der Waals surface area (Å²) in [5.41, 5.74) is 4.60. The third-order valence-corrected chi connectivity index (χ3v) is 4.08. The lowest BCUT2D eigenvalue weighted by Crippen LogP contribution is -2.25. The molecule has 0 bridgehead atoms. The van der Waals surface area contributed by atoms with E-state index in [4.69, 9.17) is 0 Å². The SMILES string of the molecule is CCc1nc2ccccc2c(C)c1C(=O)NCc1ccccc1. The molecule has 1 N–H and O–H groups in total. The van der Waals surface area contributed by atoms with Gasteiger partial charge in [0, 0.05) is 11.9 Å². The van der Waals surface area contributed by atoms with E-state index >= 15 is 0 Å². The van der Waals surface area contributed by atoms with Crippen molar-refractivity contribution in [1.29, 1.82) is 0 Å². The average molecular weight is 304 g/mol. The quantitative estimate of drug-likeness (QED) is 0.790. The second-order valence-electron chi connectivity index (χ2n) is 5.60. The van der Waals surface area contributed by atoms with Gasteiger partial charge in [0.2, 0.25) is 0 Å². The third kappa shape index (κ3) is 3.09. The number of amides is 1. The Kier molecular flexibility index (Phi) is 4.38. The molecule has 1 aromatic heterocycles. The molecule has 0 unspecified atom stereocenters. The van der Waals surface area contributed by atoms with Gasteiger partial charge in [-0.3, -0.25) is 9.78 Å². The summed E-state index contributed by atoms with van der Waals surface area (Å²) in [4.78, 5) is 17.4. The number of rotatable bonds is 4. The largest absolute Gasteiger partial charge is 0.348 e. The average Bonchev–Trinajstić information content (AvgIpc) is 2.60. The highest BCUT2D eigenvalue weighted by Crippen LogP contribution is 2.23. The molecular weight excluding hydrogens is 284 g/mol. The number of hydrogen-bond donors (Lipinski definition) is 1. The number of hydrogen-bond acceptors (Lipinski definition) is 2. The van der Waals surface area contributed by atoms with Gasteiger partial charge in [-0.1, -0.05) is 55.5 Å². The summed E-state index contributed by atoms with van der Waals surface area (Å²) in [6, 6.07) is 17.9. The summed E-state index contributed by atoms with van der Waals surface area (Å²) in [5.74, 6) is -0.0542. The van der Waals surface area contributed by atoms with Crippen LogP contribution in [0.25, 0.3) is 10.9 Å². The molecule has 0 atom stereocenters. The van der Waals surface area contributed by atoms with Crippen molar-refractivity contribution in [2.45, 2.75) is 26.8 Å². The van der Waals surface area contributed by atoms with Gasteiger partial charge in [0.1, 0.15) is 0 Å². The number of benzene rings is 2. The summed E-state index contributed by atoms with van der Waals surface area (Å²) in [6.45, 7) is 4.56. The summed E-state index contributed by atoms with van der Waals surface area (Å²) in [6.07, 6.45) is 0.736. The van der Waals surface area contributed by atoms with Crippen molar-refractivity contribution in [3.8, 4) is 0 Å². The van der Waals surface area contributed by atoms with E-state index in [2.05, 4.69) is 10.3 Å². The van der Waals surface area contributed by atoms with Crippen LogP contribution < -0.4 is 5.32 Å². The van der Waals surface area contributed by atoms with Crippen molar-refractivity contribution < 1.29 is 4.79 Å². The van der Waals surface area contributed by atoms with Crippen molar-refractivity contribution in [3.63, 3.8) is 0 Å². The molecule has 0 aliphatic carbocycles. The summed E-state index contributed by atoms with van der Waals surface area (Å²) in [7, 11) is 0. The Morgan fingerprint density at radius 3 is 2.48 bits per heavy atom. The van der Waals surface area contributed by atoms with Crippen LogP contribution in [0.15, 0.2) is 54.6 Å². The molecule has 0 fully saturated rings. The normalized spacial score (nSPS) is 10.7. The molecule has 0 saturated heterocycles. The van der Waals surface area contributed by atoms with E-state index < -0.39 is 0 Å². The zero-order chi connectivity index (χ0) is 16.2. The molecule has 0 saturated carbocycles.